The molecule has 1 heterocycles. The fraction of sp³-hybridized carbons (Fsp3) is 0.250. The summed E-state index contributed by atoms with van der Waals surface area (Å²) in [6, 6.07) is 13.0. The number of likely N-dealkylation sites (tertiary alicyclic amines) is 1. The molecule has 0 saturated carbocycles. The third-order valence-electron chi connectivity index (χ3n) is 4.98. The molecule has 1 fully saturated rings. The summed E-state index contributed by atoms with van der Waals surface area (Å²) in [6.07, 6.45) is 1.63. The molecule has 0 aromatic heterocycles. The first-order valence-corrected chi connectivity index (χ1v) is 9.77. The molecular formula is C24H25NO6. The van der Waals surface area contributed by atoms with Crippen molar-refractivity contribution in [3.63, 3.8) is 0 Å². The maximum absolute atomic E-state index is 12.9. The molecule has 0 unspecified atom stereocenters. The van der Waals surface area contributed by atoms with Crippen LogP contribution in [0.4, 0.5) is 0 Å². The van der Waals surface area contributed by atoms with Crippen LogP contribution >= 0.6 is 0 Å². The highest BCUT2D eigenvalue weighted by Crippen LogP contribution is 2.40. The van der Waals surface area contributed by atoms with Gasteiger partial charge in [-0.25, -0.2) is 0 Å². The zero-order chi connectivity index (χ0) is 22.4. The molecule has 1 amide bonds. The number of carbonyl (C=O) groups is 2. The number of methoxy groups -OCH3 is 2. The topological polar surface area (TPSA) is 85.3 Å². The first kappa shape index (κ1) is 22.1. The highest BCUT2D eigenvalue weighted by Gasteiger charge is 2.45. The van der Waals surface area contributed by atoms with Crippen molar-refractivity contribution in [3.8, 4) is 11.5 Å². The molecule has 31 heavy (non-hydrogen) atoms. The zero-order valence-electron chi connectivity index (χ0n) is 17.5. The highest BCUT2D eigenvalue weighted by atomic mass is 16.5. The number of ether oxygens (including phenoxy) is 3. The van der Waals surface area contributed by atoms with Gasteiger partial charge in [-0.3, -0.25) is 9.59 Å². The van der Waals surface area contributed by atoms with Gasteiger partial charge in [0, 0.05) is 19.2 Å². The third kappa shape index (κ3) is 4.62. The van der Waals surface area contributed by atoms with E-state index < -0.39 is 17.7 Å². The Balaban J connectivity index is 2.08. The van der Waals surface area contributed by atoms with Crippen LogP contribution in [0.1, 0.15) is 17.2 Å². The van der Waals surface area contributed by atoms with Gasteiger partial charge in [0.2, 0.25) is 0 Å². The molecule has 2 aromatic carbocycles. The summed E-state index contributed by atoms with van der Waals surface area (Å²) in [4.78, 5) is 27.1. The zero-order valence-corrected chi connectivity index (χ0v) is 17.5. The lowest BCUT2D eigenvalue weighted by Gasteiger charge is -2.25. The van der Waals surface area contributed by atoms with E-state index in [1.807, 2.05) is 0 Å². The number of aliphatic hydroxyl groups excluding tert-OH is 1. The average molecular weight is 423 g/mol. The maximum Gasteiger partial charge on any atom is 0.295 e. The van der Waals surface area contributed by atoms with E-state index in [0.29, 0.717) is 29.2 Å². The molecular weight excluding hydrogens is 398 g/mol. The van der Waals surface area contributed by atoms with Crippen molar-refractivity contribution in [2.24, 2.45) is 0 Å². The second-order valence-electron chi connectivity index (χ2n) is 6.89. The molecule has 7 nitrogen and oxygen atoms in total. The Morgan fingerprint density at radius 1 is 1.13 bits per heavy atom. The maximum atomic E-state index is 12.9. The van der Waals surface area contributed by atoms with Crippen molar-refractivity contribution in [3.05, 3.63) is 77.9 Å². The van der Waals surface area contributed by atoms with Crippen LogP contribution in [0.15, 0.2) is 66.8 Å². The van der Waals surface area contributed by atoms with Crippen molar-refractivity contribution in [2.75, 3.05) is 34.0 Å². The van der Waals surface area contributed by atoms with Crippen LogP contribution in [0.25, 0.3) is 5.76 Å². The second-order valence-corrected chi connectivity index (χ2v) is 6.89. The monoisotopic (exact) mass is 423 g/mol. The summed E-state index contributed by atoms with van der Waals surface area (Å²) >= 11 is 0. The quantitative estimate of drug-likeness (QED) is 0.288. The highest BCUT2D eigenvalue weighted by molar-refractivity contribution is 6.46. The van der Waals surface area contributed by atoms with Crippen LogP contribution in [-0.2, 0) is 14.3 Å². The number of hydrogen-bond donors (Lipinski definition) is 1. The van der Waals surface area contributed by atoms with E-state index in [4.69, 9.17) is 14.2 Å². The predicted molar refractivity (Wildman–Crippen MR) is 116 cm³/mol. The Hall–Kier alpha value is -3.58. The van der Waals surface area contributed by atoms with Crippen molar-refractivity contribution < 1.29 is 28.9 Å². The molecule has 1 N–H and O–H groups in total. The minimum Gasteiger partial charge on any atom is -0.507 e. The molecule has 162 valence electrons. The number of hydrogen-bond acceptors (Lipinski definition) is 6. The number of amides is 1. The van der Waals surface area contributed by atoms with Gasteiger partial charge in [0.25, 0.3) is 11.7 Å². The van der Waals surface area contributed by atoms with Crippen LogP contribution in [0, 0.1) is 0 Å². The minimum atomic E-state index is -0.762. The molecule has 0 spiro atoms. The van der Waals surface area contributed by atoms with E-state index in [0.717, 1.165) is 0 Å². The fourth-order valence-electron chi connectivity index (χ4n) is 3.48. The average Bonchev–Trinajstić information content (AvgIpc) is 3.06. The lowest BCUT2D eigenvalue weighted by molar-refractivity contribution is -0.140. The van der Waals surface area contributed by atoms with Crippen molar-refractivity contribution in [1.29, 1.82) is 0 Å². The van der Waals surface area contributed by atoms with Gasteiger partial charge in [0.05, 0.1) is 25.3 Å². The fourth-order valence-corrected chi connectivity index (χ4v) is 3.48. The molecule has 0 bridgehead atoms. The Morgan fingerprint density at radius 2 is 1.87 bits per heavy atom. The molecule has 0 aliphatic carbocycles. The molecule has 1 aliphatic rings. The lowest BCUT2D eigenvalue weighted by Crippen LogP contribution is -2.32. The van der Waals surface area contributed by atoms with Gasteiger partial charge in [-0.15, -0.1) is 0 Å². The predicted octanol–water partition coefficient (Wildman–Crippen LogP) is 3.33. The summed E-state index contributed by atoms with van der Waals surface area (Å²) < 4.78 is 15.9. The minimum absolute atomic E-state index is 0.0223. The molecule has 1 aliphatic heterocycles. The smallest absolute Gasteiger partial charge is 0.295 e. The van der Waals surface area contributed by atoms with Gasteiger partial charge in [0.1, 0.15) is 23.9 Å². The number of Topliss-reactive ketones (excluding diaryl/α,β-unsaturated/α-hetero) is 1. The summed E-state index contributed by atoms with van der Waals surface area (Å²) in [7, 11) is 3.06. The molecule has 0 radical (unpaired) electrons. The SMILES string of the molecule is C=CCOc1ccc(C(O)=C2C(=O)C(=O)N(CCOC)[C@@H]2c2cccc(OC)c2)cc1. The van der Waals surface area contributed by atoms with Gasteiger partial charge in [-0.2, -0.15) is 0 Å². The third-order valence-corrected chi connectivity index (χ3v) is 4.98. The number of carbonyl (C=O) groups excluding carboxylic acids is 2. The van der Waals surface area contributed by atoms with Crippen molar-refractivity contribution in [2.45, 2.75) is 6.04 Å². The van der Waals surface area contributed by atoms with Crippen LogP contribution in [-0.4, -0.2) is 55.7 Å². The Kier molecular flexibility index (Phi) is 7.10. The molecule has 1 saturated heterocycles. The number of benzene rings is 2. The van der Waals surface area contributed by atoms with Gasteiger partial charge in [-0.05, 0) is 42.0 Å². The lowest BCUT2D eigenvalue weighted by atomic mass is 9.95. The normalized spacial score (nSPS) is 17.6. The number of aliphatic hydroxyl groups is 1. The van der Waals surface area contributed by atoms with Gasteiger partial charge >= 0.3 is 0 Å². The Bertz CT molecular complexity index is 995. The van der Waals surface area contributed by atoms with Gasteiger partial charge in [0.15, 0.2) is 0 Å². The molecule has 3 rings (SSSR count). The number of rotatable bonds is 9. The van der Waals surface area contributed by atoms with Gasteiger partial charge in [-0.1, -0.05) is 24.8 Å². The number of ketones is 1. The van der Waals surface area contributed by atoms with Crippen LogP contribution in [0.3, 0.4) is 0 Å². The standard InChI is InChI=1S/C24H25NO6/c1-4-13-31-18-10-8-16(9-11-18)22(26)20-21(17-6-5-7-19(15-17)30-3)25(12-14-29-2)24(28)23(20)27/h4-11,15,21,26H,1,12-14H2,2-3H3/t21-/m1/s1. The van der Waals surface area contributed by atoms with Crippen LogP contribution in [0.2, 0.25) is 0 Å². The van der Waals surface area contributed by atoms with E-state index in [2.05, 4.69) is 6.58 Å². The first-order chi connectivity index (χ1) is 15.0. The number of nitrogens with zero attached hydrogens (tertiary/aromatic N) is 1. The van der Waals surface area contributed by atoms with E-state index in [1.165, 1.54) is 19.1 Å². The largest absolute Gasteiger partial charge is 0.507 e. The first-order valence-electron chi connectivity index (χ1n) is 9.77. The van der Waals surface area contributed by atoms with E-state index in [-0.39, 0.29) is 24.5 Å². The van der Waals surface area contributed by atoms with Crippen molar-refractivity contribution >= 4 is 17.4 Å². The molecule has 1 atom stereocenters. The van der Waals surface area contributed by atoms with Gasteiger partial charge < -0.3 is 24.2 Å². The Labute approximate surface area is 181 Å². The summed E-state index contributed by atoms with van der Waals surface area (Å²) in [6.45, 7) is 4.41. The van der Waals surface area contributed by atoms with E-state index in [1.54, 1.807) is 54.6 Å². The summed E-state index contributed by atoms with van der Waals surface area (Å²) in [5.41, 5.74) is 1.08. The molecule has 7 heteroatoms. The second kappa shape index (κ2) is 9.95. The van der Waals surface area contributed by atoms with E-state index >= 15 is 0 Å². The van der Waals surface area contributed by atoms with Crippen LogP contribution in [0.5, 0.6) is 11.5 Å². The van der Waals surface area contributed by atoms with Crippen LogP contribution < -0.4 is 9.47 Å². The van der Waals surface area contributed by atoms with E-state index in [9.17, 15) is 14.7 Å². The summed E-state index contributed by atoms with van der Waals surface area (Å²) in [5, 5.41) is 11.0. The van der Waals surface area contributed by atoms with Crippen molar-refractivity contribution in [1.82, 2.24) is 4.90 Å². The molecule has 2 aromatic rings. The Morgan fingerprint density at radius 3 is 2.52 bits per heavy atom. The summed E-state index contributed by atoms with van der Waals surface area (Å²) in [5.74, 6) is -0.494.